The van der Waals surface area contributed by atoms with E-state index in [0.717, 1.165) is 15.4 Å². The normalized spacial score (nSPS) is 11.9. The van der Waals surface area contributed by atoms with E-state index in [2.05, 4.69) is 5.32 Å². The number of nitrogens with one attached hydrogen (secondary N) is 1. The fourth-order valence-corrected chi connectivity index (χ4v) is 5.60. The zero-order valence-electron chi connectivity index (χ0n) is 22.3. The standard InChI is InChI=1S/C29H35N3O5S/c1-5-25(29(34)30-4)31(20-23-18-16-22(3)17-19-23)28(33)21-32(26-14-10-11-15-27(26)37-6-2)38(35,36)24-12-8-7-9-13-24/h7-19,25H,5-6,20-21H2,1-4H3,(H,30,34)/t25-/m0/s1. The lowest BCUT2D eigenvalue weighted by atomic mass is 10.1. The molecule has 0 aliphatic carbocycles. The maximum atomic E-state index is 14.0. The molecule has 0 heterocycles. The fraction of sp³-hybridized carbons (Fsp3) is 0.310. The van der Waals surface area contributed by atoms with Gasteiger partial charge in [-0.05, 0) is 50.1 Å². The molecule has 38 heavy (non-hydrogen) atoms. The summed E-state index contributed by atoms with van der Waals surface area (Å²) >= 11 is 0. The van der Waals surface area contributed by atoms with Crippen molar-refractivity contribution in [1.29, 1.82) is 0 Å². The second-order valence-corrected chi connectivity index (χ2v) is 10.6. The van der Waals surface area contributed by atoms with Crippen molar-refractivity contribution in [1.82, 2.24) is 10.2 Å². The highest BCUT2D eigenvalue weighted by Gasteiger charge is 2.34. The molecule has 0 spiro atoms. The summed E-state index contributed by atoms with van der Waals surface area (Å²) in [4.78, 5) is 28.2. The summed E-state index contributed by atoms with van der Waals surface area (Å²) in [5.41, 5.74) is 2.14. The second-order valence-electron chi connectivity index (χ2n) is 8.77. The van der Waals surface area contributed by atoms with Gasteiger partial charge in [0.1, 0.15) is 18.3 Å². The Kier molecular flexibility index (Phi) is 9.90. The number of rotatable bonds is 12. The minimum Gasteiger partial charge on any atom is -0.492 e. The molecule has 1 atom stereocenters. The Morgan fingerprint density at radius 1 is 0.921 bits per heavy atom. The van der Waals surface area contributed by atoms with Crippen molar-refractivity contribution in [2.75, 3.05) is 24.5 Å². The lowest BCUT2D eigenvalue weighted by molar-refractivity contribution is -0.140. The van der Waals surface area contributed by atoms with Crippen LogP contribution in [-0.4, -0.2) is 51.4 Å². The molecule has 0 saturated heterocycles. The van der Waals surface area contributed by atoms with Crippen molar-refractivity contribution in [3.63, 3.8) is 0 Å². The van der Waals surface area contributed by atoms with Gasteiger partial charge in [0.15, 0.2) is 0 Å². The van der Waals surface area contributed by atoms with E-state index in [1.54, 1.807) is 49.4 Å². The van der Waals surface area contributed by atoms with Gasteiger partial charge in [0.05, 0.1) is 17.2 Å². The SMILES string of the molecule is CCOc1ccccc1N(CC(=O)N(Cc1ccc(C)cc1)[C@@H](CC)C(=O)NC)S(=O)(=O)c1ccccc1. The smallest absolute Gasteiger partial charge is 0.264 e. The Balaban J connectivity index is 2.09. The minimum atomic E-state index is -4.15. The van der Waals surface area contributed by atoms with Gasteiger partial charge in [0.2, 0.25) is 11.8 Å². The summed E-state index contributed by atoms with van der Waals surface area (Å²) in [6.07, 6.45) is 0.359. The van der Waals surface area contributed by atoms with Crippen molar-refractivity contribution in [2.45, 2.75) is 44.7 Å². The highest BCUT2D eigenvalue weighted by molar-refractivity contribution is 7.92. The van der Waals surface area contributed by atoms with Gasteiger partial charge >= 0.3 is 0 Å². The monoisotopic (exact) mass is 537 g/mol. The molecular formula is C29H35N3O5S. The number of ether oxygens (including phenoxy) is 1. The maximum Gasteiger partial charge on any atom is 0.264 e. The molecule has 0 radical (unpaired) electrons. The van der Waals surface area contributed by atoms with Crippen molar-refractivity contribution in [2.24, 2.45) is 0 Å². The first kappa shape index (κ1) is 28.7. The molecule has 0 saturated carbocycles. The lowest BCUT2D eigenvalue weighted by Crippen LogP contribution is -2.51. The average Bonchev–Trinajstić information content (AvgIpc) is 2.93. The molecule has 0 fully saturated rings. The number of anilines is 1. The van der Waals surface area contributed by atoms with Crippen LogP contribution in [0.4, 0.5) is 5.69 Å². The third-order valence-corrected chi connectivity index (χ3v) is 7.92. The molecule has 0 aromatic heterocycles. The number of sulfonamides is 1. The molecule has 2 amide bonds. The molecule has 0 aliphatic heterocycles. The molecule has 1 N–H and O–H groups in total. The van der Waals surface area contributed by atoms with Crippen LogP contribution in [0.2, 0.25) is 0 Å². The number of carbonyl (C=O) groups excluding carboxylic acids is 2. The number of benzene rings is 3. The van der Waals surface area contributed by atoms with E-state index >= 15 is 0 Å². The molecule has 0 aliphatic rings. The molecule has 9 heteroatoms. The first-order chi connectivity index (χ1) is 18.2. The molecule has 3 rings (SSSR count). The number of hydrogen-bond donors (Lipinski definition) is 1. The van der Waals surface area contributed by atoms with Crippen LogP contribution >= 0.6 is 0 Å². The fourth-order valence-electron chi connectivity index (χ4n) is 4.15. The summed E-state index contributed by atoms with van der Waals surface area (Å²) < 4.78 is 34.6. The number of amides is 2. The summed E-state index contributed by atoms with van der Waals surface area (Å²) in [5, 5.41) is 2.63. The van der Waals surface area contributed by atoms with Crippen LogP contribution in [-0.2, 0) is 26.2 Å². The first-order valence-corrected chi connectivity index (χ1v) is 14.0. The van der Waals surface area contributed by atoms with Crippen LogP contribution in [0.15, 0.2) is 83.8 Å². The van der Waals surface area contributed by atoms with Crippen molar-refractivity contribution in [3.05, 3.63) is 90.0 Å². The number of aryl methyl sites for hydroxylation is 1. The van der Waals surface area contributed by atoms with Gasteiger partial charge in [-0.3, -0.25) is 13.9 Å². The van der Waals surface area contributed by atoms with E-state index in [0.29, 0.717) is 18.8 Å². The number of para-hydroxylation sites is 2. The minimum absolute atomic E-state index is 0.0440. The van der Waals surface area contributed by atoms with Gasteiger partial charge in [-0.15, -0.1) is 0 Å². The Morgan fingerprint density at radius 2 is 1.55 bits per heavy atom. The van der Waals surface area contributed by atoms with E-state index in [4.69, 9.17) is 4.74 Å². The predicted molar refractivity (Wildman–Crippen MR) is 148 cm³/mol. The Morgan fingerprint density at radius 3 is 2.16 bits per heavy atom. The Bertz CT molecular complexity index is 1330. The van der Waals surface area contributed by atoms with Crippen LogP contribution in [0.25, 0.3) is 0 Å². The van der Waals surface area contributed by atoms with Gasteiger partial charge in [-0.25, -0.2) is 8.42 Å². The predicted octanol–water partition coefficient (Wildman–Crippen LogP) is 4.14. The van der Waals surface area contributed by atoms with Crippen LogP contribution in [0.3, 0.4) is 0 Å². The topological polar surface area (TPSA) is 96.0 Å². The quantitative estimate of drug-likeness (QED) is 0.375. The lowest BCUT2D eigenvalue weighted by Gasteiger charge is -2.33. The number of carbonyl (C=O) groups is 2. The van der Waals surface area contributed by atoms with Crippen molar-refractivity contribution >= 4 is 27.5 Å². The Hall–Kier alpha value is -3.85. The van der Waals surface area contributed by atoms with E-state index in [9.17, 15) is 18.0 Å². The van der Waals surface area contributed by atoms with Crippen LogP contribution in [0, 0.1) is 6.92 Å². The third kappa shape index (κ3) is 6.72. The Labute approximate surface area is 225 Å². The van der Waals surface area contributed by atoms with E-state index in [-0.39, 0.29) is 23.0 Å². The number of nitrogens with zero attached hydrogens (tertiary/aromatic N) is 2. The van der Waals surface area contributed by atoms with Crippen LogP contribution < -0.4 is 14.4 Å². The molecular weight excluding hydrogens is 502 g/mol. The molecule has 3 aromatic carbocycles. The molecule has 0 unspecified atom stereocenters. The number of hydrogen-bond acceptors (Lipinski definition) is 5. The first-order valence-electron chi connectivity index (χ1n) is 12.6. The summed E-state index contributed by atoms with van der Waals surface area (Å²) in [7, 11) is -2.64. The van der Waals surface area contributed by atoms with E-state index < -0.39 is 28.5 Å². The molecule has 3 aromatic rings. The molecule has 202 valence electrons. The van der Waals surface area contributed by atoms with Gasteiger partial charge in [-0.2, -0.15) is 0 Å². The van der Waals surface area contributed by atoms with Gasteiger partial charge < -0.3 is 15.0 Å². The van der Waals surface area contributed by atoms with Gasteiger partial charge in [0.25, 0.3) is 10.0 Å². The van der Waals surface area contributed by atoms with Crippen molar-refractivity contribution < 1.29 is 22.7 Å². The summed E-state index contributed by atoms with van der Waals surface area (Å²) in [6, 6.07) is 21.5. The van der Waals surface area contributed by atoms with Gasteiger partial charge in [-0.1, -0.05) is 67.1 Å². The third-order valence-electron chi connectivity index (χ3n) is 6.15. The zero-order valence-corrected chi connectivity index (χ0v) is 23.1. The largest absolute Gasteiger partial charge is 0.492 e. The highest BCUT2D eigenvalue weighted by Crippen LogP contribution is 2.33. The van der Waals surface area contributed by atoms with Crippen LogP contribution in [0.5, 0.6) is 5.75 Å². The summed E-state index contributed by atoms with van der Waals surface area (Å²) in [6.45, 7) is 5.54. The van der Waals surface area contributed by atoms with Gasteiger partial charge in [0, 0.05) is 13.6 Å². The van der Waals surface area contributed by atoms with E-state index in [1.807, 2.05) is 38.1 Å². The molecule has 0 bridgehead atoms. The average molecular weight is 538 g/mol. The second kappa shape index (κ2) is 13.1. The maximum absolute atomic E-state index is 14.0. The van der Waals surface area contributed by atoms with Crippen molar-refractivity contribution in [3.8, 4) is 5.75 Å². The number of likely N-dealkylation sites (N-methyl/N-ethyl adjacent to an activating group) is 1. The highest BCUT2D eigenvalue weighted by atomic mass is 32.2. The summed E-state index contributed by atoms with van der Waals surface area (Å²) in [5.74, 6) is -0.488. The zero-order chi connectivity index (χ0) is 27.7. The van der Waals surface area contributed by atoms with E-state index in [1.165, 1.54) is 24.1 Å². The molecule has 8 nitrogen and oxygen atoms in total. The van der Waals surface area contributed by atoms with Crippen LogP contribution in [0.1, 0.15) is 31.4 Å².